The molecule has 106 valence electrons. The number of carbonyl (C=O) groups is 2. The van der Waals surface area contributed by atoms with E-state index >= 15 is 0 Å². The maximum Gasteiger partial charge on any atom is 0.341 e. The summed E-state index contributed by atoms with van der Waals surface area (Å²) in [7, 11) is 0. The number of anilines is 1. The fourth-order valence-corrected chi connectivity index (χ4v) is 2.22. The fraction of sp³-hybridized carbons (Fsp3) is 0.125. The number of esters is 1. The SMILES string of the molecule is Cc1ccc(NC(=O)C2(O)OC(=O)c3ccccc32)cc1. The summed E-state index contributed by atoms with van der Waals surface area (Å²) in [6, 6.07) is 13.3. The van der Waals surface area contributed by atoms with Crippen molar-refractivity contribution in [2.75, 3.05) is 5.32 Å². The van der Waals surface area contributed by atoms with E-state index in [1.165, 1.54) is 12.1 Å². The smallest absolute Gasteiger partial charge is 0.341 e. The van der Waals surface area contributed by atoms with Gasteiger partial charge in [-0.25, -0.2) is 4.79 Å². The van der Waals surface area contributed by atoms with E-state index in [2.05, 4.69) is 5.32 Å². The number of fused-ring (bicyclic) bond motifs is 1. The minimum atomic E-state index is -2.29. The van der Waals surface area contributed by atoms with Crippen LogP contribution in [0.1, 0.15) is 21.5 Å². The summed E-state index contributed by atoms with van der Waals surface area (Å²) in [5.74, 6) is -3.81. The molecular formula is C16H13NO4. The van der Waals surface area contributed by atoms with Crippen LogP contribution in [0.4, 0.5) is 5.69 Å². The zero-order valence-corrected chi connectivity index (χ0v) is 11.3. The van der Waals surface area contributed by atoms with Gasteiger partial charge >= 0.3 is 17.7 Å². The molecule has 0 bridgehead atoms. The molecule has 2 aromatic rings. The Morgan fingerprint density at radius 1 is 1.14 bits per heavy atom. The molecule has 1 aliphatic rings. The van der Waals surface area contributed by atoms with Crippen molar-refractivity contribution in [1.82, 2.24) is 0 Å². The highest BCUT2D eigenvalue weighted by Gasteiger charge is 2.50. The first-order chi connectivity index (χ1) is 10.0. The molecule has 0 aromatic heterocycles. The lowest BCUT2D eigenvalue weighted by Crippen LogP contribution is -2.40. The van der Waals surface area contributed by atoms with Crippen LogP contribution in [0.2, 0.25) is 0 Å². The second kappa shape index (κ2) is 4.71. The first-order valence-corrected chi connectivity index (χ1v) is 6.44. The van der Waals surface area contributed by atoms with Crippen LogP contribution in [-0.4, -0.2) is 17.0 Å². The first kappa shape index (κ1) is 13.3. The number of carbonyl (C=O) groups excluding carboxylic acids is 2. The Bertz CT molecular complexity index is 723. The summed E-state index contributed by atoms with van der Waals surface area (Å²) in [6.45, 7) is 1.92. The molecule has 0 spiro atoms. The number of hydrogen-bond acceptors (Lipinski definition) is 4. The lowest BCUT2D eigenvalue weighted by atomic mass is 10.0. The standard InChI is InChI=1S/C16H13NO4/c1-10-6-8-11(9-7-10)17-15(19)16(20)13-5-3-2-4-12(13)14(18)21-16/h2-9,20H,1H3,(H,17,19). The minimum Gasteiger partial charge on any atom is -0.415 e. The summed E-state index contributed by atoms with van der Waals surface area (Å²) >= 11 is 0. The van der Waals surface area contributed by atoms with Crippen molar-refractivity contribution in [2.24, 2.45) is 0 Å². The Balaban J connectivity index is 1.91. The van der Waals surface area contributed by atoms with Crippen LogP contribution in [-0.2, 0) is 15.3 Å². The number of rotatable bonds is 2. The molecule has 0 fully saturated rings. The molecule has 1 amide bonds. The van der Waals surface area contributed by atoms with Crippen LogP contribution in [0.3, 0.4) is 0 Å². The highest BCUT2D eigenvalue weighted by molar-refractivity contribution is 6.05. The molecule has 1 aliphatic heterocycles. The Morgan fingerprint density at radius 3 is 2.52 bits per heavy atom. The third-order valence-electron chi connectivity index (χ3n) is 3.37. The number of aryl methyl sites for hydroxylation is 1. The van der Waals surface area contributed by atoms with Gasteiger partial charge in [-0.3, -0.25) is 4.79 Å². The van der Waals surface area contributed by atoms with Gasteiger partial charge < -0.3 is 15.2 Å². The van der Waals surface area contributed by atoms with Crippen LogP contribution in [0.5, 0.6) is 0 Å². The molecule has 2 N–H and O–H groups in total. The normalized spacial score (nSPS) is 19.8. The molecule has 3 rings (SSSR count). The van der Waals surface area contributed by atoms with E-state index in [9.17, 15) is 14.7 Å². The minimum absolute atomic E-state index is 0.152. The zero-order chi connectivity index (χ0) is 15.0. The van der Waals surface area contributed by atoms with Crippen molar-refractivity contribution < 1.29 is 19.4 Å². The molecule has 1 atom stereocenters. The number of aliphatic hydroxyl groups is 1. The monoisotopic (exact) mass is 283 g/mol. The van der Waals surface area contributed by atoms with Gasteiger partial charge in [0.15, 0.2) is 0 Å². The number of cyclic esters (lactones) is 1. The zero-order valence-electron chi connectivity index (χ0n) is 11.3. The number of benzene rings is 2. The van der Waals surface area contributed by atoms with Crippen molar-refractivity contribution in [1.29, 1.82) is 0 Å². The third kappa shape index (κ3) is 2.17. The van der Waals surface area contributed by atoms with E-state index in [0.717, 1.165) is 5.56 Å². The molecule has 0 saturated heterocycles. The van der Waals surface area contributed by atoms with Crippen molar-refractivity contribution in [3.05, 3.63) is 65.2 Å². The summed E-state index contributed by atoms with van der Waals surface area (Å²) in [5, 5.41) is 13.0. The first-order valence-electron chi connectivity index (χ1n) is 6.44. The Morgan fingerprint density at radius 2 is 1.81 bits per heavy atom. The molecule has 5 nitrogen and oxygen atoms in total. The van der Waals surface area contributed by atoms with Crippen molar-refractivity contribution in [3.63, 3.8) is 0 Å². The van der Waals surface area contributed by atoms with E-state index < -0.39 is 17.7 Å². The summed E-state index contributed by atoms with van der Waals surface area (Å²) in [4.78, 5) is 24.0. The predicted octanol–water partition coefficient (Wildman–Crippen LogP) is 1.95. The number of ether oxygens (including phenoxy) is 1. The summed E-state index contributed by atoms with van der Waals surface area (Å²) in [5.41, 5.74) is 1.91. The second-order valence-electron chi connectivity index (χ2n) is 4.90. The van der Waals surface area contributed by atoms with Crippen molar-refractivity contribution >= 4 is 17.6 Å². The van der Waals surface area contributed by atoms with Gasteiger partial charge in [-0.05, 0) is 25.1 Å². The number of hydrogen-bond donors (Lipinski definition) is 2. The lowest BCUT2D eigenvalue weighted by Gasteiger charge is -2.21. The molecule has 21 heavy (non-hydrogen) atoms. The molecular weight excluding hydrogens is 270 g/mol. The van der Waals surface area contributed by atoms with Crippen LogP contribution >= 0.6 is 0 Å². The molecule has 1 heterocycles. The lowest BCUT2D eigenvalue weighted by molar-refractivity contribution is -0.180. The average molecular weight is 283 g/mol. The second-order valence-corrected chi connectivity index (χ2v) is 4.90. The molecule has 1 unspecified atom stereocenters. The fourth-order valence-electron chi connectivity index (χ4n) is 2.22. The van der Waals surface area contributed by atoms with Gasteiger partial charge in [-0.1, -0.05) is 35.9 Å². The Hall–Kier alpha value is -2.66. The largest absolute Gasteiger partial charge is 0.415 e. The van der Waals surface area contributed by atoms with Crippen molar-refractivity contribution in [3.8, 4) is 0 Å². The van der Waals surface area contributed by atoms with Gasteiger partial charge in [0, 0.05) is 11.3 Å². The topological polar surface area (TPSA) is 75.6 Å². The van der Waals surface area contributed by atoms with E-state index in [-0.39, 0.29) is 11.1 Å². The number of amides is 1. The van der Waals surface area contributed by atoms with Crippen LogP contribution in [0, 0.1) is 6.92 Å². The van der Waals surface area contributed by atoms with E-state index in [4.69, 9.17) is 4.74 Å². The van der Waals surface area contributed by atoms with Crippen LogP contribution in [0.25, 0.3) is 0 Å². The van der Waals surface area contributed by atoms with E-state index in [1.54, 1.807) is 24.3 Å². The van der Waals surface area contributed by atoms with Crippen LogP contribution in [0.15, 0.2) is 48.5 Å². The molecule has 0 aliphatic carbocycles. The Labute approximate surface area is 121 Å². The maximum absolute atomic E-state index is 12.3. The van der Waals surface area contributed by atoms with Gasteiger partial charge in [0.05, 0.1) is 5.56 Å². The molecule has 2 aromatic carbocycles. The van der Waals surface area contributed by atoms with Gasteiger partial charge in [0.1, 0.15) is 0 Å². The van der Waals surface area contributed by atoms with Crippen LogP contribution < -0.4 is 5.32 Å². The highest BCUT2D eigenvalue weighted by atomic mass is 16.7. The van der Waals surface area contributed by atoms with Gasteiger partial charge in [-0.15, -0.1) is 0 Å². The molecule has 0 radical (unpaired) electrons. The predicted molar refractivity (Wildman–Crippen MR) is 75.6 cm³/mol. The molecule has 0 saturated carbocycles. The summed E-state index contributed by atoms with van der Waals surface area (Å²) < 4.78 is 4.88. The third-order valence-corrected chi connectivity index (χ3v) is 3.37. The van der Waals surface area contributed by atoms with E-state index in [1.807, 2.05) is 19.1 Å². The van der Waals surface area contributed by atoms with Gasteiger partial charge in [0.25, 0.3) is 0 Å². The van der Waals surface area contributed by atoms with E-state index in [0.29, 0.717) is 5.69 Å². The average Bonchev–Trinajstić information content (AvgIpc) is 2.75. The highest BCUT2D eigenvalue weighted by Crippen LogP contribution is 2.35. The van der Waals surface area contributed by atoms with Gasteiger partial charge in [-0.2, -0.15) is 0 Å². The molecule has 5 heteroatoms. The summed E-state index contributed by atoms with van der Waals surface area (Å²) in [6.07, 6.45) is 0. The quantitative estimate of drug-likeness (QED) is 0.826. The number of nitrogens with one attached hydrogen (secondary N) is 1. The van der Waals surface area contributed by atoms with Crippen molar-refractivity contribution in [2.45, 2.75) is 12.7 Å². The van der Waals surface area contributed by atoms with Gasteiger partial charge in [0.2, 0.25) is 0 Å². The maximum atomic E-state index is 12.3. The Kier molecular flexibility index (Phi) is 2.99.